The third-order valence-electron chi connectivity index (χ3n) is 2.96. The lowest BCUT2D eigenvalue weighted by Gasteiger charge is -2.09. The van der Waals surface area contributed by atoms with Crippen LogP contribution >= 0.6 is 12.2 Å². The van der Waals surface area contributed by atoms with Gasteiger partial charge in [0.05, 0.1) is 11.2 Å². The monoisotopic (exact) mass is 307 g/mol. The fraction of sp³-hybridized carbons (Fsp3) is 0.0714. The Bertz CT molecular complexity index is 866. The van der Waals surface area contributed by atoms with Crippen LogP contribution in [0.1, 0.15) is 5.69 Å². The standard InChI is InChI=1S/C14H8F3N3S/c15-14(16,17)11-7-10(19-13(21)20-11)9-5-1-3-8-4-2-6-18-12(8)9/h1-7H,(H,19,20,21). The van der Waals surface area contributed by atoms with Crippen molar-refractivity contribution in [3.8, 4) is 11.3 Å². The van der Waals surface area contributed by atoms with E-state index in [9.17, 15) is 13.2 Å². The predicted octanol–water partition coefficient (Wildman–Crippen LogP) is 4.37. The van der Waals surface area contributed by atoms with Crippen LogP contribution < -0.4 is 0 Å². The molecule has 1 aromatic carbocycles. The molecule has 0 saturated carbocycles. The summed E-state index contributed by atoms with van der Waals surface area (Å²) in [5.41, 5.74) is 0.320. The average molecular weight is 307 g/mol. The molecule has 0 unspecified atom stereocenters. The van der Waals surface area contributed by atoms with Gasteiger partial charge in [0.1, 0.15) is 5.69 Å². The number of aromatic amines is 1. The number of hydrogen-bond donors (Lipinski definition) is 1. The maximum Gasteiger partial charge on any atom is 0.431 e. The molecule has 0 radical (unpaired) electrons. The molecule has 3 aromatic rings. The molecule has 3 nitrogen and oxygen atoms in total. The quantitative estimate of drug-likeness (QED) is 0.679. The van der Waals surface area contributed by atoms with E-state index in [-0.39, 0.29) is 10.5 Å². The Labute approximate surface area is 122 Å². The molecule has 2 aromatic heterocycles. The highest BCUT2D eigenvalue weighted by Gasteiger charge is 2.32. The summed E-state index contributed by atoms with van der Waals surface area (Å²) in [7, 11) is 0. The van der Waals surface area contributed by atoms with Gasteiger partial charge in [-0.15, -0.1) is 0 Å². The summed E-state index contributed by atoms with van der Waals surface area (Å²) in [5.74, 6) is 0. The Hall–Kier alpha value is -2.28. The predicted molar refractivity (Wildman–Crippen MR) is 75.2 cm³/mol. The molecule has 0 aliphatic rings. The molecule has 0 aliphatic carbocycles. The van der Waals surface area contributed by atoms with Crippen molar-refractivity contribution in [3.63, 3.8) is 0 Å². The van der Waals surface area contributed by atoms with E-state index in [1.54, 1.807) is 24.4 Å². The number of para-hydroxylation sites is 1. The number of H-pyrrole nitrogens is 1. The maximum absolute atomic E-state index is 12.9. The Morgan fingerprint density at radius 1 is 1.10 bits per heavy atom. The number of benzene rings is 1. The fourth-order valence-corrected chi connectivity index (χ4v) is 2.27. The van der Waals surface area contributed by atoms with Gasteiger partial charge in [-0.3, -0.25) is 4.98 Å². The van der Waals surface area contributed by atoms with Crippen LogP contribution in [0.3, 0.4) is 0 Å². The van der Waals surface area contributed by atoms with E-state index in [0.29, 0.717) is 11.1 Å². The zero-order valence-corrected chi connectivity index (χ0v) is 11.3. The van der Waals surface area contributed by atoms with E-state index in [1.165, 1.54) is 0 Å². The van der Waals surface area contributed by atoms with Crippen LogP contribution in [0.5, 0.6) is 0 Å². The van der Waals surface area contributed by atoms with E-state index in [0.717, 1.165) is 11.5 Å². The first-order chi connectivity index (χ1) is 9.95. The zero-order valence-electron chi connectivity index (χ0n) is 10.5. The molecule has 0 amide bonds. The number of pyridine rings is 1. The molecular formula is C14H8F3N3S. The van der Waals surface area contributed by atoms with Crippen LogP contribution in [0.4, 0.5) is 13.2 Å². The molecule has 3 rings (SSSR count). The Morgan fingerprint density at radius 3 is 2.62 bits per heavy atom. The Kier molecular flexibility index (Phi) is 3.21. The van der Waals surface area contributed by atoms with Crippen molar-refractivity contribution in [1.29, 1.82) is 0 Å². The highest BCUT2D eigenvalue weighted by atomic mass is 32.1. The molecule has 0 spiro atoms. The third-order valence-corrected chi connectivity index (χ3v) is 3.15. The molecule has 1 N–H and O–H groups in total. The first-order valence-electron chi connectivity index (χ1n) is 5.98. The smallest absolute Gasteiger partial charge is 0.327 e. The second-order valence-corrected chi connectivity index (χ2v) is 4.75. The van der Waals surface area contributed by atoms with Gasteiger partial charge in [0.2, 0.25) is 0 Å². The van der Waals surface area contributed by atoms with Gasteiger partial charge in [-0.05, 0) is 24.4 Å². The minimum absolute atomic E-state index is 0.148. The Morgan fingerprint density at radius 2 is 1.86 bits per heavy atom. The van der Waals surface area contributed by atoms with Crippen molar-refractivity contribution < 1.29 is 13.2 Å². The second kappa shape index (κ2) is 4.92. The topological polar surface area (TPSA) is 41.6 Å². The molecule has 0 saturated heterocycles. The first kappa shape index (κ1) is 13.7. The summed E-state index contributed by atoms with van der Waals surface area (Å²) in [5, 5.41) is 0.823. The van der Waals surface area contributed by atoms with Crippen molar-refractivity contribution in [2.24, 2.45) is 0 Å². The molecule has 21 heavy (non-hydrogen) atoms. The second-order valence-electron chi connectivity index (χ2n) is 4.36. The third kappa shape index (κ3) is 2.64. The van der Waals surface area contributed by atoms with Gasteiger partial charge in [-0.1, -0.05) is 24.3 Å². The van der Waals surface area contributed by atoms with Gasteiger partial charge in [0.25, 0.3) is 0 Å². The van der Waals surface area contributed by atoms with E-state index < -0.39 is 11.9 Å². The number of rotatable bonds is 1. The van der Waals surface area contributed by atoms with Gasteiger partial charge >= 0.3 is 6.18 Å². The molecular weight excluding hydrogens is 299 g/mol. The largest absolute Gasteiger partial charge is 0.431 e. The summed E-state index contributed by atoms with van der Waals surface area (Å²) >= 11 is 4.79. The van der Waals surface area contributed by atoms with Crippen LogP contribution in [0.2, 0.25) is 0 Å². The van der Waals surface area contributed by atoms with Crippen molar-refractivity contribution >= 4 is 23.1 Å². The summed E-state index contributed by atoms with van der Waals surface area (Å²) in [4.78, 5) is 10.3. The molecule has 0 atom stereocenters. The van der Waals surface area contributed by atoms with E-state index >= 15 is 0 Å². The van der Waals surface area contributed by atoms with Crippen molar-refractivity contribution in [1.82, 2.24) is 15.0 Å². The van der Waals surface area contributed by atoms with Crippen LogP contribution in [-0.4, -0.2) is 15.0 Å². The van der Waals surface area contributed by atoms with Gasteiger partial charge in [-0.2, -0.15) is 13.2 Å². The number of nitrogens with one attached hydrogen (secondary N) is 1. The summed E-state index contributed by atoms with van der Waals surface area (Å²) in [6.45, 7) is 0. The Balaban J connectivity index is 2.29. The van der Waals surface area contributed by atoms with Crippen molar-refractivity contribution in [3.05, 3.63) is 53.1 Å². The van der Waals surface area contributed by atoms with Gasteiger partial charge in [0.15, 0.2) is 4.77 Å². The lowest BCUT2D eigenvalue weighted by molar-refractivity contribution is -0.141. The number of halogens is 3. The van der Waals surface area contributed by atoms with Crippen LogP contribution in [0.15, 0.2) is 42.6 Å². The average Bonchev–Trinajstić information content (AvgIpc) is 2.45. The maximum atomic E-state index is 12.9. The summed E-state index contributed by atoms with van der Waals surface area (Å²) in [6.07, 6.45) is -2.93. The minimum Gasteiger partial charge on any atom is -0.327 e. The number of fused-ring (bicyclic) bond motifs is 1. The highest BCUT2D eigenvalue weighted by molar-refractivity contribution is 7.71. The van der Waals surface area contributed by atoms with Crippen molar-refractivity contribution in [2.45, 2.75) is 6.18 Å². The van der Waals surface area contributed by atoms with Crippen LogP contribution in [-0.2, 0) is 6.18 Å². The number of aromatic nitrogens is 3. The first-order valence-corrected chi connectivity index (χ1v) is 6.39. The normalized spacial score (nSPS) is 11.8. The molecule has 0 aliphatic heterocycles. The number of hydrogen-bond acceptors (Lipinski definition) is 3. The van der Waals surface area contributed by atoms with Crippen LogP contribution in [0, 0.1) is 4.77 Å². The van der Waals surface area contributed by atoms with Gasteiger partial charge < -0.3 is 4.98 Å². The van der Waals surface area contributed by atoms with Crippen molar-refractivity contribution in [2.75, 3.05) is 0 Å². The van der Waals surface area contributed by atoms with Gasteiger partial charge in [0, 0.05) is 17.1 Å². The van der Waals surface area contributed by atoms with E-state index in [4.69, 9.17) is 12.2 Å². The molecule has 7 heteroatoms. The molecule has 2 heterocycles. The lowest BCUT2D eigenvalue weighted by atomic mass is 10.1. The number of nitrogens with zero attached hydrogens (tertiary/aromatic N) is 2. The lowest BCUT2D eigenvalue weighted by Crippen LogP contribution is -2.09. The number of alkyl halides is 3. The SMILES string of the molecule is FC(F)(F)c1cc(-c2cccc3cccnc23)nc(=S)[nH]1. The van der Waals surface area contributed by atoms with Crippen LogP contribution in [0.25, 0.3) is 22.2 Å². The molecule has 0 bridgehead atoms. The fourth-order valence-electron chi connectivity index (χ4n) is 2.06. The summed E-state index contributed by atoms with van der Waals surface area (Å²) in [6, 6.07) is 9.79. The molecule has 0 fully saturated rings. The van der Waals surface area contributed by atoms with Gasteiger partial charge in [-0.25, -0.2) is 4.98 Å². The van der Waals surface area contributed by atoms with E-state index in [1.807, 2.05) is 12.1 Å². The summed E-state index contributed by atoms with van der Waals surface area (Å²) < 4.78 is 38.4. The molecule has 106 valence electrons. The highest BCUT2D eigenvalue weighted by Crippen LogP contribution is 2.31. The zero-order chi connectivity index (χ0) is 15.0. The van der Waals surface area contributed by atoms with E-state index in [2.05, 4.69) is 15.0 Å². The minimum atomic E-state index is -4.51.